The number of pyridine rings is 1. The molecule has 0 radical (unpaired) electrons. The van der Waals surface area contributed by atoms with Crippen LogP contribution in [0.5, 0.6) is 0 Å². The number of carboxylic acids is 1. The molecule has 1 aromatic carbocycles. The Hall–Kier alpha value is -2.45. The molecule has 6 nitrogen and oxygen atoms in total. The number of H-pyrrole nitrogens is 1. The van der Waals surface area contributed by atoms with Gasteiger partial charge in [0.15, 0.2) is 0 Å². The number of rotatable bonds is 8. The van der Waals surface area contributed by atoms with E-state index in [1.165, 1.54) is 0 Å². The number of carbonyl (C=O) groups is 1. The number of aromatic amines is 1. The van der Waals surface area contributed by atoms with Gasteiger partial charge in [0, 0.05) is 34.7 Å². The summed E-state index contributed by atoms with van der Waals surface area (Å²) in [6.07, 6.45) is 10.2. The number of hydrogen-bond donors (Lipinski definition) is 2. The Bertz CT molecular complexity index is 1320. The highest BCUT2D eigenvalue weighted by Crippen LogP contribution is 2.40. The molecular formula is C24H25Cl2N3O3S. The summed E-state index contributed by atoms with van der Waals surface area (Å²) in [5.74, 6) is -0.112. The van der Waals surface area contributed by atoms with Crippen molar-refractivity contribution in [1.82, 2.24) is 14.5 Å². The zero-order valence-electron chi connectivity index (χ0n) is 18.6. The minimum Gasteiger partial charge on any atom is -0.478 e. The molecule has 174 valence electrons. The molecule has 4 rings (SSSR count). The molecule has 0 unspecified atom stereocenters. The van der Waals surface area contributed by atoms with Crippen molar-refractivity contribution in [2.24, 2.45) is 0 Å². The average Bonchev–Trinajstić information content (AvgIpc) is 3.37. The number of ether oxygens (including phenoxy) is 1. The number of carboxylic acid groups (broad SMARTS) is 1. The van der Waals surface area contributed by atoms with Gasteiger partial charge in [0.05, 0.1) is 33.6 Å². The van der Waals surface area contributed by atoms with E-state index in [9.17, 15) is 9.90 Å². The Labute approximate surface area is 203 Å². The highest BCUT2D eigenvalue weighted by Gasteiger charge is 2.25. The molecule has 4 aromatic rings. The Kier molecular flexibility index (Phi) is 6.77. The Morgan fingerprint density at radius 1 is 1.18 bits per heavy atom. The van der Waals surface area contributed by atoms with Crippen LogP contribution in [0.2, 0.25) is 10.0 Å². The second-order valence-electron chi connectivity index (χ2n) is 8.56. The van der Waals surface area contributed by atoms with E-state index in [0.29, 0.717) is 33.6 Å². The molecule has 2 N–H and O–H groups in total. The molecule has 3 aromatic heterocycles. The third kappa shape index (κ3) is 4.92. The van der Waals surface area contributed by atoms with E-state index < -0.39 is 16.0 Å². The van der Waals surface area contributed by atoms with E-state index in [4.69, 9.17) is 27.9 Å². The maximum absolute atomic E-state index is 12.3. The second kappa shape index (κ2) is 9.43. The zero-order valence-corrected chi connectivity index (χ0v) is 20.9. The van der Waals surface area contributed by atoms with Crippen LogP contribution in [0.3, 0.4) is 0 Å². The molecule has 0 aliphatic carbocycles. The summed E-state index contributed by atoms with van der Waals surface area (Å²) in [5.41, 5.74) is 3.38. The molecule has 0 bridgehead atoms. The molecular weight excluding hydrogens is 481 g/mol. The van der Waals surface area contributed by atoms with Crippen LogP contribution in [0, 0.1) is 0 Å². The van der Waals surface area contributed by atoms with Crippen LogP contribution in [0.1, 0.15) is 10.4 Å². The lowest BCUT2D eigenvalue weighted by molar-refractivity contribution is 0.0696. The van der Waals surface area contributed by atoms with Crippen molar-refractivity contribution in [2.45, 2.75) is 6.73 Å². The molecule has 0 spiro atoms. The SMILES string of the molecule is CS(C)(C)CCOCn1c(-c2ccnc3[nH]ccc23)cc(C(=O)O)c1-c1cccc(Cl)c1Cl. The van der Waals surface area contributed by atoms with E-state index in [2.05, 4.69) is 28.7 Å². The van der Waals surface area contributed by atoms with Gasteiger partial charge in [0.1, 0.15) is 12.4 Å². The summed E-state index contributed by atoms with van der Waals surface area (Å²) in [4.78, 5) is 19.8. The number of nitrogens with one attached hydrogen (secondary N) is 1. The van der Waals surface area contributed by atoms with E-state index in [1.807, 2.05) is 22.9 Å². The van der Waals surface area contributed by atoms with Crippen molar-refractivity contribution in [3.8, 4) is 22.5 Å². The summed E-state index contributed by atoms with van der Waals surface area (Å²) in [5, 5.41) is 11.6. The van der Waals surface area contributed by atoms with Crippen molar-refractivity contribution in [1.29, 1.82) is 0 Å². The Morgan fingerprint density at radius 2 is 1.97 bits per heavy atom. The molecule has 9 heteroatoms. The first-order valence-corrected chi connectivity index (χ1v) is 14.0. The number of aromatic nitrogens is 3. The number of nitrogens with zero attached hydrogens (tertiary/aromatic N) is 2. The smallest absolute Gasteiger partial charge is 0.337 e. The van der Waals surface area contributed by atoms with E-state index in [-0.39, 0.29) is 12.3 Å². The van der Waals surface area contributed by atoms with Gasteiger partial charge < -0.3 is 19.4 Å². The highest BCUT2D eigenvalue weighted by atomic mass is 35.5. The molecule has 0 amide bonds. The van der Waals surface area contributed by atoms with Crippen LogP contribution >= 0.6 is 33.2 Å². The number of aromatic carboxylic acids is 1. The Balaban J connectivity index is 1.92. The van der Waals surface area contributed by atoms with Gasteiger partial charge in [-0.2, -0.15) is 0 Å². The largest absolute Gasteiger partial charge is 0.478 e. The molecule has 0 saturated heterocycles. The fraction of sp³-hybridized carbons (Fsp3) is 0.250. The van der Waals surface area contributed by atoms with Crippen LogP contribution in [-0.2, 0) is 11.5 Å². The number of hydrogen-bond acceptors (Lipinski definition) is 3. The fourth-order valence-corrected chi connectivity index (χ4v) is 4.70. The van der Waals surface area contributed by atoms with Gasteiger partial charge in [-0.15, -0.1) is 0 Å². The minimum atomic E-state index is -1.06. The monoisotopic (exact) mass is 505 g/mol. The van der Waals surface area contributed by atoms with Gasteiger partial charge >= 0.3 is 5.97 Å². The molecule has 0 aliphatic heterocycles. The second-order valence-corrected chi connectivity index (χ2v) is 13.9. The third-order valence-electron chi connectivity index (χ3n) is 5.33. The van der Waals surface area contributed by atoms with Gasteiger partial charge in [-0.05, 0) is 43.0 Å². The first-order valence-electron chi connectivity index (χ1n) is 10.2. The summed E-state index contributed by atoms with van der Waals surface area (Å²) in [6.45, 7) is 0.738. The van der Waals surface area contributed by atoms with Gasteiger partial charge in [-0.1, -0.05) is 35.3 Å². The van der Waals surface area contributed by atoms with Gasteiger partial charge in [-0.3, -0.25) is 0 Å². The number of fused-ring (bicyclic) bond motifs is 1. The summed E-state index contributed by atoms with van der Waals surface area (Å²) < 4.78 is 7.93. The lowest BCUT2D eigenvalue weighted by Gasteiger charge is -2.25. The highest BCUT2D eigenvalue weighted by molar-refractivity contribution is 8.32. The molecule has 0 aliphatic rings. The molecule has 0 atom stereocenters. The number of benzene rings is 1. The van der Waals surface area contributed by atoms with Crippen LogP contribution in [0.4, 0.5) is 0 Å². The minimum absolute atomic E-state index is 0.125. The summed E-state index contributed by atoms with van der Waals surface area (Å²) in [7, 11) is -0.724. The number of halogens is 2. The average molecular weight is 506 g/mol. The van der Waals surface area contributed by atoms with Crippen LogP contribution in [0.15, 0.2) is 48.8 Å². The normalized spacial score (nSPS) is 12.4. The summed E-state index contributed by atoms with van der Waals surface area (Å²) in [6, 6.07) is 10.7. The van der Waals surface area contributed by atoms with Crippen LogP contribution in [0.25, 0.3) is 33.5 Å². The zero-order chi connectivity index (χ0) is 23.8. The Morgan fingerprint density at radius 3 is 2.70 bits per heavy atom. The maximum Gasteiger partial charge on any atom is 0.337 e. The predicted molar refractivity (Wildman–Crippen MR) is 138 cm³/mol. The molecule has 3 heterocycles. The molecule has 33 heavy (non-hydrogen) atoms. The standard InChI is InChI=1S/C24H25Cl2N3O3S/c1-33(2,3)12-11-32-14-29-20(15-7-9-27-23-16(15)8-10-28-23)13-18(24(30)31)22(29)17-5-4-6-19(25)21(17)26/h4-10,13H,11-12,14H2,1-3H3,(H,27,28)(H,30,31). The van der Waals surface area contributed by atoms with Crippen LogP contribution in [-0.4, -0.2) is 56.7 Å². The summed E-state index contributed by atoms with van der Waals surface area (Å²) >= 11 is 12.8. The third-order valence-corrected chi connectivity index (χ3v) is 7.54. The van der Waals surface area contributed by atoms with Crippen LogP contribution < -0.4 is 0 Å². The maximum atomic E-state index is 12.3. The van der Waals surface area contributed by atoms with Crippen molar-refractivity contribution in [2.75, 3.05) is 31.1 Å². The quantitative estimate of drug-likeness (QED) is 0.272. The first kappa shape index (κ1) is 23.7. The van der Waals surface area contributed by atoms with Gasteiger partial charge in [-0.25, -0.2) is 19.8 Å². The topological polar surface area (TPSA) is 80.1 Å². The van der Waals surface area contributed by atoms with E-state index >= 15 is 0 Å². The lowest BCUT2D eigenvalue weighted by atomic mass is 10.1. The van der Waals surface area contributed by atoms with E-state index in [1.54, 1.807) is 30.5 Å². The molecule has 0 fully saturated rings. The van der Waals surface area contributed by atoms with Crippen molar-refractivity contribution in [3.63, 3.8) is 0 Å². The van der Waals surface area contributed by atoms with E-state index in [0.717, 1.165) is 22.3 Å². The first-order chi connectivity index (χ1) is 15.7. The predicted octanol–water partition coefficient (Wildman–Crippen LogP) is 6.37. The molecule has 0 saturated carbocycles. The van der Waals surface area contributed by atoms with Crippen molar-refractivity contribution in [3.05, 3.63) is 64.4 Å². The van der Waals surface area contributed by atoms with Gasteiger partial charge in [0.25, 0.3) is 0 Å². The van der Waals surface area contributed by atoms with Crippen molar-refractivity contribution >= 4 is 50.2 Å². The van der Waals surface area contributed by atoms with Crippen molar-refractivity contribution < 1.29 is 14.6 Å². The lowest BCUT2D eigenvalue weighted by Crippen LogP contribution is -2.12. The van der Waals surface area contributed by atoms with Gasteiger partial charge in [0.2, 0.25) is 0 Å². The fourth-order valence-electron chi connectivity index (χ4n) is 3.70.